The van der Waals surface area contributed by atoms with Crippen molar-refractivity contribution in [3.05, 3.63) is 47.7 Å². The molecule has 10 heteroatoms. The Morgan fingerprint density at radius 2 is 1.88 bits per heavy atom. The van der Waals surface area contributed by atoms with Gasteiger partial charge >= 0.3 is 0 Å². The number of likely N-dealkylation sites (N-methyl/N-ethyl adjacent to an activating group) is 1. The van der Waals surface area contributed by atoms with Crippen LogP contribution in [0.15, 0.2) is 30.3 Å². The molecule has 1 aliphatic heterocycles. The van der Waals surface area contributed by atoms with E-state index < -0.39 is 0 Å². The topological polar surface area (TPSA) is 98.7 Å². The van der Waals surface area contributed by atoms with Gasteiger partial charge in [-0.2, -0.15) is 0 Å². The highest BCUT2D eigenvalue weighted by Crippen LogP contribution is 2.32. The lowest BCUT2D eigenvalue weighted by Gasteiger charge is -2.20. The Hall–Kier alpha value is -3.56. The van der Waals surface area contributed by atoms with Crippen LogP contribution in [0.4, 0.5) is 15.9 Å². The van der Waals surface area contributed by atoms with Crippen LogP contribution >= 0.6 is 0 Å². The van der Waals surface area contributed by atoms with Gasteiger partial charge < -0.3 is 20.0 Å². The SMILES string of the molecule is CC(=O)NCC(=O)N(C)Cc1nc([C@H]2CC(=O)N(c3ccc(F)cc3)C2)cc(N(C)C)n1. The third-order valence-corrected chi connectivity index (χ3v) is 5.21. The fourth-order valence-corrected chi connectivity index (χ4v) is 3.42. The Labute approximate surface area is 186 Å². The quantitative estimate of drug-likeness (QED) is 0.694. The molecule has 0 saturated carbocycles. The number of anilines is 2. The average molecular weight is 442 g/mol. The largest absolute Gasteiger partial charge is 0.363 e. The first-order chi connectivity index (χ1) is 15.1. The molecule has 1 aromatic heterocycles. The van der Waals surface area contributed by atoms with Gasteiger partial charge in [0.15, 0.2) is 0 Å². The van der Waals surface area contributed by atoms with E-state index >= 15 is 0 Å². The molecule has 32 heavy (non-hydrogen) atoms. The van der Waals surface area contributed by atoms with Crippen molar-refractivity contribution in [1.29, 1.82) is 0 Å². The van der Waals surface area contributed by atoms with E-state index in [1.165, 1.54) is 24.0 Å². The number of carbonyl (C=O) groups excluding carboxylic acids is 3. The first kappa shape index (κ1) is 23.1. The standard InChI is InChI=1S/C22H27FN6O3/c1-14(30)24-11-22(32)28(4)13-19-25-18(10-20(26-19)27(2)3)15-9-21(31)29(12-15)17-7-5-16(23)6-8-17/h5-8,10,15H,9,11-13H2,1-4H3,(H,24,30)/t15-/m0/s1. The highest BCUT2D eigenvalue weighted by atomic mass is 19.1. The molecular formula is C22H27FN6O3. The van der Waals surface area contributed by atoms with Crippen molar-refractivity contribution in [1.82, 2.24) is 20.2 Å². The Bertz CT molecular complexity index is 1010. The van der Waals surface area contributed by atoms with Crippen LogP contribution in [0.2, 0.25) is 0 Å². The lowest BCUT2D eigenvalue weighted by Crippen LogP contribution is -2.37. The summed E-state index contributed by atoms with van der Waals surface area (Å²) < 4.78 is 13.3. The Kier molecular flexibility index (Phi) is 7.01. The normalized spacial score (nSPS) is 15.6. The van der Waals surface area contributed by atoms with Crippen molar-refractivity contribution in [2.24, 2.45) is 0 Å². The summed E-state index contributed by atoms with van der Waals surface area (Å²) in [5.74, 6) is -0.0112. The van der Waals surface area contributed by atoms with Gasteiger partial charge in [-0.25, -0.2) is 14.4 Å². The number of nitrogens with one attached hydrogen (secondary N) is 1. The Morgan fingerprint density at radius 1 is 1.19 bits per heavy atom. The Morgan fingerprint density at radius 3 is 2.50 bits per heavy atom. The van der Waals surface area contributed by atoms with Crippen LogP contribution in [-0.2, 0) is 20.9 Å². The van der Waals surface area contributed by atoms with Gasteiger partial charge in [0.1, 0.15) is 17.5 Å². The first-order valence-corrected chi connectivity index (χ1v) is 10.2. The second kappa shape index (κ2) is 9.71. The van der Waals surface area contributed by atoms with E-state index in [1.807, 2.05) is 25.1 Å². The maximum absolute atomic E-state index is 13.3. The Balaban J connectivity index is 1.80. The van der Waals surface area contributed by atoms with Crippen molar-refractivity contribution >= 4 is 29.2 Å². The summed E-state index contributed by atoms with van der Waals surface area (Å²) in [6, 6.07) is 7.67. The highest BCUT2D eigenvalue weighted by molar-refractivity contribution is 5.96. The van der Waals surface area contributed by atoms with Gasteiger partial charge in [0.2, 0.25) is 17.7 Å². The van der Waals surface area contributed by atoms with Gasteiger partial charge in [0.25, 0.3) is 0 Å². The van der Waals surface area contributed by atoms with E-state index in [2.05, 4.69) is 15.3 Å². The molecule has 1 N–H and O–H groups in total. The van der Waals surface area contributed by atoms with Gasteiger partial charge in [-0.15, -0.1) is 0 Å². The summed E-state index contributed by atoms with van der Waals surface area (Å²) in [5, 5.41) is 2.48. The molecular weight excluding hydrogens is 415 g/mol. The molecule has 1 aliphatic rings. The zero-order valence-electron chi connectivity index (χ0n) is 18.6. The number of carbonyl (C=O) groups is 3. The van der Waals surface area contributed by atoms with Crippen LogP contribution in [0.25, 0.3) is 0 Å². The predicted molar refractivity (Wildman–Crippen MR) is 118 cm³/mol. The van der Waals surface area contributed by atoms with Crippen molar-refractivity contribution in [2.75, 3.05) is 44.0 Å². The van der Waals surface area contributed by atoms with E-state index in [4.69, 9.17) is 0 Å². The third-order valence-electron chi connectivity index (χ3n) is 5.21. The first-order valence-electron chi connectivity index (χ1n) is 10.2. The minimum Gasteiger partial charge on any atom is -0.363 e. The van der Waals surface area contributed by atoms with E-state index in [0.717, 1.165) is 0 Å². The summed E-state index contributed by atoms with van der Waals surface area (Å²) in [7, 11) is 5.32. The molecule has 0 spiro atoms. The van der Waals surface area contributed by atoms with Gasteiger partial charge in [-0.1, -0.05) is 0 Å². The molecule has 1 saturated heterocycles. The second-order valence-corrected chi connectivity index (χ2v) is 8.00. The molecule has 1 atom stereocenters. The van der Waals surface area contributed by atoms with Crippen molar-refractivity contribution in [2.45, 2.75) is 25.8 Å². The maximum atomic E-state index is 13.3. The number of hydrogen-bond donors (Lipinski definition) is 1. The zero-order chi connectivity index (χ0) is 23.4. The van der Waals surface area contributed by atoms with Crippen molar-refractivity contribution in [3.63, 3.8) is 0 Å². The van der Waals surface area contributed by atoms with Crippen LogP contribution < -0.4 is 15.1 Å². The molecule has 170 valence electrons. The van der Waals surface area contributed by atoms with Crippen LogP contribution in [0.5, 0.6) is 0 Å². The van der Waals surface area contributed by atoms with Gasteiger partial charge in [-0.3, -0.25) is 14.4 Å². The van der Waals surface area contributed by atoms with Crippen LogP contribution in [0.3, 0.4) is 0 Å². The number of aromatic nitrogens is 2. The smallest absolute Gasteiger partial charge is 0.242 e. The van der Waals surface area contributed by atoms with Crippen molar-refractivity contribution < 1.29 is 18.8 Å². The molecule has 2 heterocycles. The number of rotatable bonds is 7. The second-order valence-electron chi connectivity index (χ2n) is 8.00. The average Bonchev–Trinajstić information content (AvgIpc) is 3.13. The number of hydrogen-bond acceptors (Lipinski definition) is 6. The predicted octanol–water partition coefficient (Wildman–Crippen LogP) is 1.30. The van der Waals surface area contributed by atoms with Gasteiger partial charge in [-0.05, 0) is 24.3 Å². The summed E-state index contributed by atoms with van der Waals surface area (Å²) in [4.78, 5) is 50.0. The highest BCUT2D eigenvalue weighted by Gasteiger charge is 2.33. The molecule has 0 unspecified atom stereocenters. The van der Waals surface area contributed by atoms with E-state index in [0.29, 0.717) is 29.6 Å². The van der Waals surface area contributed by atoms with Crippen molar-refractivity contribution in [3.8, 4) is 0 Å². The summed E-state index contributed by atoms with van der Waals surface area (Å²) in [5.41, 5.74) is 1.35. The summed E-state index contributed by atoms with van der Waals surface area (Å²) in [6.07, 6.45) is 0.276. The molecule has 0 radical (unpaired) electrons. The number of amides is 3. The molecule has 1 aromatic carbocycles. The van der Waals surface area contributed by atoms with E-state index in [-0.39, 0.29) is 49.0 Å². The fourth-order valence-electron chi connectivity index (χ4n) is 3.42. The van der Waals surface area contributed by atoms with Gasteiger partial charge in [0, 0.05) is 58.7 Å². The molecule has 0 aliphatic carbocycles. The number of nitrogens with zero attached hydrogens (tertiary/aromatic N) is 5. The number of halogens is 1. The third kappa shape index (κ3) is 5.57. The zero-order valence-corrected chi connectivity index (χ0v) is 18.6. The number of benzene rings is 1. The molecule has 3 rings (SSSR count). The lowest BCUT2D eigenvalue weighted by molar-refractivity contribution is -0.131. The van der Waals surface area contributed by atoms with Crippen LogP contribution in [-0.4, -0.2) is 66.8 Å². The molecule has 2 aromatic rings. The molecule has 1 fully saturated rings. The maximum Gasteiger partial charge on any atom is 0.242 e. The van der Waals surface area contributed by atoms with E-state index in [1.54, 1.807) is 24.1 Å². The van der Waals surface area contributed by atoms with Gasteiger partial charge in [0.05, 0.1) is 18.8 Å². The van der Waals surface area contributed by atoms with Crippen LogP contribution in [0, 0.1) is 5.82 Å². The minimum atomic E-state index is -0.356. The summed E-state index contributed by atoms with van der Waals surface area (Å²) in [6.45, 7) is 1.83. The minimum absolute atomic E-state index is 0.0595. The van der Waals surface area contributed by atoms with E-state index in [9.17, 15) is 18.8 Å². The molecule has 3 amide bonds. The molecule has 0 bridgehead atoms. The monoisotopic (exact) mass is 442 g/mol. The lowest BCUT2D eigenvalue weighted by atomic mass is 10.0. The molecule has 9 nitrogen and oxygen atoms in total. The van der Waals surface area contributed by atoms with Crippen LogP contribution in [0.1, 0.15) is 30.8 Å². The fraction of sp³-hybridized carbons (Fsp3) is 0.409. The summed E-state index contributed by atoms with van der Waals surface area (Å²) >= 11 is 0.